The van der Waals surface area contributed by atoms with Crippen molar-refractivity contribution in [2.45, 2.75) is 53.5 Å². The highest BCUT2D eigenvalue weighted by atomic mass is 16.7. The van der Waals surface area contributed by atoms with E-state index in [1.807, 2.05) is 30.3 Å². The van der Waals surface area contributed by atoms with Crippen LogP contribution >= 0.6 is 0 Å². The molecule has 0 amide bonds. The van der Waals surface area contributed by atoms with Crippen molar-refractivity contribution in [2.24, 2.45) is 5.41 Å². The number of anilines is 1. The van der Waals surface area contributed by atoms with Gasteiger partial charge < -0.3 is 14.8 Å². The number of fused-ring (bicyclic) bond motifs is 2. The highest BCUT2D eigenvalue weighted by Crippen LogP contribution is 2.40. The molecule has 1 N–H and O–H groups in total. The van der Waals surface area contributed by atoms with Crippen LogP contribution in [0.15, 0.2) is 36.4 Å². The lowest BCUT2D eigenvalue weighted by atomic mass is 9.82. The minimum Gasteiger partial charge on any atom is -0.454 e. The van der Waals surface area contributed by atoms with Gasteiger partial charge in [0, 0.05) is 16.8 Å². The average molecular weight is 380 g/mol. The van der Waals surface area contributed by atoms with Crippen molar-refractivity contribution >= 4 is 11.5 Å². The van der Waals surface area contributed by atoms with Gasteiger partial charge in [-0.2, -0.15) is 0 Å². The summed E-state index contributed by atoms with van der Waals surface area (Å²) in [4.78, 5) is 4.95. The Morgan fingerprint density at radius 2 is 1.79 bits per heavy atom. The molecule has 5 heteroatoms. The van der Waals surface area contributed by atoms with Crippen LogP contribution in [0.3, 0.4) is 0 Å². The van der Waals surface area contributed by atoms with Gasteiger partial charge in [-0.25, -0.2) is 4.98 Å². The minimum atomic E-state index is -0.0957. The predicted molar refractivity (Wildman–Crippen MR) is 113 cm³/mol. The van der Waals surface area contributed by atoms with Crippen LogP contribution in [0, 0.1) is 12.3 Å². The molecule has 0 atom stereocenters. The molecule has 0 bridgehead atoms. The monoisotopic (exact) mass is 379 g/mol. The summed E-state index contributed by atoms with van der Waals surface area (Å²) in [6.45, 7) is 13.7. The van der Waals surface area contributed by atoms with Crippen molar-refractivity contribution in [1.82, 2.24) is 9.38 Å². The first kappa shape index (κ1) is 18.7. The molecule has 3 aromatic rings. The molecule has 0 radical (unpaired) electrons. The lowest BCUT2D eigenvalue weighted by Crippen LogP contribution is -2.36. The van der Waals surface area contributed by atoms with E-state index in [-0.39, 0.29) is 17.7 Å². The van der Waals surface area contributed by atoms with Gasteiger partial charge >= 0.3 is 0 Å². The zero-order valence-electron chi connectivity index (χ0n) is 17.6. The Kier molecular flexibility index (Phi) is 4.29. The summed E-state index contributed by atoms with van der Waals surface area (Å²) in [6, 6.07) is 12.2. The number of hydrogen-bond acceptors (Lipinski definition) is 4. The SMILES string of the molecule is Cc1cccc2nc(-c3ccc4c(c3)OCO4)c(NC(C)(C)CC(C)(C)C)n12. The maximum absolute atomic E-state index is 5.59. The molecule has 0 fully saturated rings. The molecule has 0 aliphatic carbocycles. The van der Waals surface area contributed by atoms with Gasteiger partial charge in [0.05, 0.1) is 0 Å². The van der Waals surface area contributed by atoms with E-state index in [0.717, 1.165) is 46.3 Å². The summed E-state index contributed by atoms with van der Waals surface area (Å²) < 4.78 is 13.3. The number of benzene rings is 1. The third kappa shape index (κ3) is 3.53. The number of pyridine rings is 1. The Morgan fingerprint density at radius 1 is 1.04 bits per heavy atom. The van der Waals surface area contributed by atoms with Crippen LogP contribution in [-0.4, -0.2) is 21.7 Å². The second kappa shape index (κ2) is 6.43. The molecule has 28 heavy (non-hydrogen) atoms. The highest BCUT2D eigenvalue weighted by Gasteiger charge is 2.28. The van der Waals surface area contributed by atoms with E-state index >= 15 is 0 Å². The molecule has 1 aromatic carbocycles. The lowest BCUT2D eigenvalue weighted by molar-refractivity contribution is 0.174. The van der Waals surface area contributed by atoms with Crippen molar-refractivity contribution in [3.63, 3.8) is 0 Å². The summed E-state index contributed by atoms with van der Waals surface area (Å²) in [5, 5.41) is 3.80. The van der Waals surface area contributed by atoms with Crippen LogP contribution in [0.25, 0.3) is 16.9 Å². The van der Waals surface area contributed by atoms with Gasteiger partial charge in [-0.15, -0.1) is 0 Å². The lowest BCUT2D eigenvalue weighted by Gasteiger charge is -2.34. The maximum Gasteiger partial charge on any atom is 0.231 e. The van der Waals surface area contributed by atoms with Gasteiger partial charge in [-0.1, -0.05) is 26.8 Å². The molecule has 148 valence electrons. The number of aromatic nitrogens is 2. The Bertz CT molecular complexity index is 1030. The molecule has 3 heterocycles. The molecular formula is C23H29N3O2. The van der Waals surface area contributed by atoms with Gasteiger partial charge in [-0.3, -0.25) is 4.40 Å². The summed E-state index contributed by atoms with van der Waals surface area (Å²) in [6.07, 6.45) is 1.03. The molecule has 0 saturated heterocycles. The van der Waals surface area contributed by atoms with Gasteiger partial charge in [0.1, 0.15) is 17.2 Å². The van der Waals surface area contributed by atoms with Crippen molar-refractivity contribution in [3.05, 3.63) is 42.1 Å². The van der Waals surface area contributed by atoms with Crippen molar-refractivity contribution in [2.75, 3.05) is 12.1 Å². The Morgan fingerprint density at radius 3 is 2.54 bits per heavy atom. The first-order chi connectivity index (χ1) is 13.1. The van der Waals surface area contributed by atoms with Crippen LogP contribution in [0.1, 0.15) is 46.7 Å². The van der Waals surface area contributed by atoms with Crippen LogP contribution in [0.5, 0.6) is 11.5 Å². The topological polar surface area (TPSA) is 47.8 Å². The summed E-state index contributed by atoms with van der Waals surface area (Å²) >= 11 is 0. The first-order valence-electron chi connectivity index (χ1n) is 9.79. The van der Waals surface area contributed by atoms with E-state index in [1.165, 1.54) is 0 Å². The summed E-state index contributed by atoms with van der Waals surface area (Å²) in [5.41, 5.74) is 4.13. The number of nitrogens with zero attached hydrogens (tertiary/aromatic N) is 2. The van der Waals surface area contributed by atoms with E-state index in [4.69, 9.17) is 14.5 Å². The Hall–Kier alpha value is -2.69. The fraction of sp³-hybridized carbons (Fsp3) is 0.435. The predicted octanol–water partition coefficient (Wildman–Crippen LogP) is 5.67. The molecule has 0 saturated carbocycles. The standard InChI is InChI=1S/C23H29N3O2/c1-15-8-7-9-19-24-20(16-10-11-17-18(12-16)28-14-27-17)21(26(15)19)25-23(5,6)13-22(2,3)4/h7-12,25H,13-14H2,1-6H3. The molecule has 1 aliphatic heterocycles. The van der Waals surface area contributed by atoms with Gasteiger partial charge in [0.25, 0.3) is 0 Å². The average Bonchev–Trinajstić information content (AvgIpc) is 3.16. The van der Waals surface area contributed by atoms with Crippen LogP contribution in [0.4, 0.5) is 5.82 Å². The van der Waals surface area contributed by atoms with Gasteiger partial charge in [-0.05, 0) is 62.9 Å². The molecular weight excluding hydrogens is 350 g/mol. The fourth-order valence-electron chi connectivity index (χ4n) is 4.31. The van der Waals surface area contributed by atoms with Crippen LogP contribution < -0.4 is 14.8 Å². The second-order valence-corrected chi connectivity index (χ2v) is 9.48. The minimum absolute atomic E-state index is 0.0957. The van der Waals surface area contributed by atoms with Crippen LogP contribution in [0.2, 0.25) is 0 Å². The van der Waals surface area contributed by atoms with E-state index in [1.54, 1.807) is 0 Å². The zero-order valence-corrected chi connectivity index (χ0v) is 17.6. The van der Waals surface area contributed by atoms with Crippen molar-refractivity contribution in [3.8, 4) is 22.8 Å². The van der Waals surface area contributed by atoms with Crippen LogP contribution in [-0.2, 0) is 0 Å². The second-order valence-electron chi connectivity index (χ2n) is 9.48. The Labute approximate surface area is 166 Å². The molecule has 2 aromatic heterocycles. The molecule has 0 unspecified atom stereocenters. The number of hydrogen-bond donors (Lipinski definition) is 1. The van der Waals surface area contributed by atoms with E-state index in [2.05, 4.69) is 57.3 Å². The van der Waals surface area contributed by atoms with E-state index in [0.29, 0.717) is 0 Å². The Balaban J connectivity index is 1.85. The zero-order chi connectivity index (χ0) is 20.1. The van der Waals surface area contributed by atoms with E-state index in [9.17, 15) is 0 Å². The first-order valence-corrected chi connectivity index (χ1v) is 9.79. The normalized spacial score (nSPS) is 13.9. The molecule has 5 nitrogen and oxygen atoms in total. The highest BCUT2D eigenvalue weighted by molar-refractivity contribution is 5.79. The van der Waals surface area contributed by atoms with Gasteiger partial charge in [0.2, 0.25) is 6.79 Å². The largest absolute Gasteiger partial charge is 0.454 e. The maximum atomic E-state index is 5.59. The number of imidazole rings is 1. The quantitative estimate of drug-likeness (QED) is 0.635. The summed E-state index contributed by atoms with van der Waals surface area (Å²) in [5.74, 6) is 2.57. The fourth-order valence-corrected chi connectivity index (χ4v) is 4.31. The number of aryl methyl sites for hydroxylation is 1. The third-order valence-electron chi connectivity index (χ3n) is 4.91. The molecule has 0 spiro atoms. The third-order valence-corrected chi connectivity index (χ3v) is 4.91. The van der Waals surface area contributed by atoms with Crippen molar-refractivity contribution in [1.29, 1.82) is 0 Å². The number of nitrogens with one attached hydrogen (secondary N) is 1. The molecule has 1 aliphatic rings. The number of ether oxygens (including phenoxy) is 2. The van der Waals surface area contributed by atoms with Gasteiger partial charge in [0.15, 0.2) is 11.5 Å². The smallest absolute Gasteiger partial charge is 0.231 e. The summed E-state index contributed by atoms with van der Waals surface area (Å²) in [7, 11) is 0. The van der Waals surface area contributed by atoms with Crippen molar-refractivity contribution < 1.29 is 9.47 Å². The number of rotatable bonds is 4. The van der Waals surface area contributed by atoms with E-state index < -0.39 is 0 Å². The molecule has 4 rings (SSSR count).